The van der Waals surface area contributed by atoms with Gasteiger partial charge in [0.25, 0.3) is 5.82 Å². The first-order chi connectivity index (χ1) is 11.5. The van der Waals surface area contributed by atoms with E-state index in [2.05, 4.69) is 46.4 Å². The van der Waals surface area contributed by atoms with Gasteiger partial charge in [-0.25, -0.2) is 14.6 Å². The van der Waals surface area contributed by atoms with E-state index in [0.717, 1.165) is 11.3 Å². The van der Waals surface area contributed by atoms with Gasteiger partial charge in [0.15, 0.2) is 5.13 Å². The molecule has 24 heavy (non-hydrogen) atoms. The van der Waals surface area contributed by atoms with Crippen LogP contribution in [-0.2, 0) is 11.3 Å². The van der Waals surface area contributed by atoms with E-state index in [1.807, 2.05) is 17.5 Å². The quantitative estimate of drug-likeness (QED) is 0.788. The number of aromatic nitrogens is 4. The fourth-order valence-corrected chi connectivity index (χ4v) is 2.83. The van der Waals surface area contributed by atoms with Gasteiger partial charge in [-0.15, -0.1) is 16.4 Å². The average Bonchev–Trinajstić information content (AvgIpc) is 3.19. The second-order valence-electron chi connectivity index (χ2n) is 5.26. The highest BCUT2D eigenvalue weighted by Gasteiger charge is 2.10. The van der Waals surface area contributed by atoms with Crippen molar-refractivity contribution in [3.8, 4) is 17.3 Å². The lowest BCUT2D eigenvalue weighted by molar-refractivity contribution is -0.116. The van der Waals surface area contributed by atoms with Crippen LogP contribution in [0.3, 0.4) is 0 Å². The maximum absolute atomic E-state index is 12.0. The highest BCUT2D eigenvalue weighted by Crippen LogP contribution is 2.26. The Hall–Kier alpha value is -3.05. The Bertz CT molecular complexity index is 936. The number of carbonyl (C=O) groups is 1. The number of amides is 1. The second kappa shape index (κ2) is 6.60. The number of benzene rings is 1. The van der Waals surface area contributed by atoms with Crippen molar-refractivity contribution in [1.29, 1.82) is 5.26 Å². The lowest BCUT2D eigenvalue weighted by Gasteiger charge is -2.03. The van der Waals surface area contributed by atoms with E-state index in [9.17, 15) is 4.79 Å². The molecule has 0 saturated carbocycles. The molecule has 3 rings (SSSR count). The molecule has 8 heteroatoms. The second-order valence-corrected chi connectivity index (χ2v) is 6.12. The first kappa shape index (κ1) is 15.8. The molecule has 1 amide bonds. The van der Waals surface area contributed by atoms with Gasteiger partial charge in [0, 0.05) is 10.9 Å². The van der Waals surface area contributed by atoms with Crippen LogP contribution in [0.4, 0.5) is 5.13 Å². The molecule has 0 bridgehead atoms. The van der Waals surface area contributed by atoms with E-state index < -0.39 is 0 Å². The van der Waals surface area contributed by atoms with Crippen molar-refractivity contribution in [3.63, 3.8) is 0 Å². The molecule has 0 unspecified atom stereocenters. The molecule has 0 saturated heterocycles. The number of nitriles is 1. The van der Waals surface area contributed by atoms with Crippen LogP contribution >= 0.6 is 11.3 Å². The smallest absolute Gasteiger partial charge is 0.252 e. The number of aryl methyl sites for hydroxylation is 2. The molecule has 0 aliphatic carbocycles. The van der Waals surface area contributed by atoms with E-state index in [0.29, 0.717) is 5.13 Å². The fraction of sp³-hybridized carbons (Fsp3) is 0.188. The van der Waals surface area contributed by atoms with Crippen LogP contribution in [0.1, 0.15) is 17.0 Å². The van der Waals surface area contributed by atoms with Gasteiger partial charge in [0.1, 0.15) is 18.9 Å². The number of anilines is 1. The van der Waals surface area contributed by atoms with Gasteiger partial charge in [-0.1, -0.05) is 12.1 Å². The average molecular weight is 338 g/mol. The van der Waals surface area contributed by atoms with E-state index in [1.165, 1.54) is 33.5 Å². The molecule has 0 atom stereocenters. The monoisotopic (exact) mass is 338 g/mol. The third-order valence-corrected chi connectivity index (χ3v) is 4.25. The topological polar surface area (TPSA) is 96.5 Å². The Labute approximate surface area is 142 Å². The molecular weight excluding hydrogens is 324 g/mol. The SMILES string of the molecule is Cc1ccc(-c2csc(NC(=O)Cn3cnc(C#N)n3)n2)cc1C. The van der Waals surface area contributed by atoms with Crippen LogP contribution < -0.4 is 5.32 Å². The van der Waals surface area contributed by atoms with Crippen molar-refractivity contribution in [2.45, 2.75) is 20.4 Å². The van der Waals surface area contributed by atoms with Crippen molar-refractivity contribution in [1.82, 2.24) is 19.7 Å². The van der Waals surface area contributed by atoms with Crippen LogP contribution in [0, 0.1) is 25.2 Å². The summed E-state index contributed by atoms with van der Waals surface area (Å²) in [6.07, 6.45) is 1.35. The molecule has 0 aliphatic heterocycles. The van der Waals surface area contributed by atoms with E-state index in [1.54, 1.807) is 0 Å². The highest BCUT2D eigenvalue weighted by atomic mass is 32.1. The van der Waals surface area contributed by atoms with Crippen molar-refractivity contribution in [3.05, 3.63) is 46.9 Å². The Balaban J connectivity index is 1.68. The molecule has 7 nitrogen and oxygen atoms in total. The van der Waals surface area contributed by atoms with Crippen molar-refractivity contribution < 1.29 is 4.79 Å². The summed E-state index contributed by atoms with van der Waals surface area (Å²) in [5.41, 5.74) is 4.27. The number of nitrogens with one attached hydrogen (secondary N) is 1. The van der Waals surface area contributed by atoms with Crippen LogP contribution in [0.2, 0.25) is 0 Å². The highest BCUT2D eigenvalue weighted by molar-refractivity contribution is 7.14. The molecule has 1 aromatic carbocycles. The van der Waals surface area contributed by atoms with Gasteiger partial charge in [-0.3, -0.25) is 4.79 Å². The van der Waals surface area contributed by atoms with Crippen molar-refractivity contribution in [2.75, 3.05) is 5.32 Å². The minimum atomic E-state index is -0.273. The number of hydrogen-bond donors (Lipinski definition) is 1. The van der Waals surface area contributed by atoms with Gasteiger partial charge in [-0.2, -0.15) is 5.26 Å². The Kier molecular flexibility index (Phi) is 4.35. The Morgan fingerprint density at radius 1 is 1.38 bits per heavy atom. The largest absolute Gasteiger partial charge is 0.300 e. The first-order valence-corrected chi connectivity index (χ1v) is 8.05. The number of thiazole rings is 1. The third-order valence-electron chi connectivity index (χ3n) is 3.50. The predicted octanol–water partition coefficient (Wildman–Crippen LogP) is 2.53. The van der Waals surface area contributed by atoms with Crippen molar-refractivity contribution in [2.24, 2.45) is 0 Å². The summed E-state index contributed by atoms with van der Waals surface area (Å²) >= 11 is 1.36. The normalized spacial score (nSPS) is 10.4. The van der Waals surface area contributed by atoms with Crippen LogP contribution in [-0.4, -0.2) is 25.7 Å². The lowest BCUT2D eigenvalue weighted by Crippen LogP contribution is -2.19. The van der Waals surface area contributed by atoms with E-state index in [-0.39, 0.29) is 18.3 Å². The summed E-state index contributed by atoms with van der Waals surface area (Å²) in [5, 5.41) is 17.7. The van der Waals surface area contributed by atoms with Crippen molar-refractivity contribution >= 4 is 22.4 Å². The third kappa shape index (κ3) is 3.47. The summed E-state index contributed by atoms with van der Waals surface area (Å²) in [4.78, 5) is 20.2. The minimum Gasteiger partial charge on any atom is -0.300 e. The number of carbonyl (C=O) groups excluding carboxylic acids is 1. The van der Waals surface area contributed by atoms with Crippen LogP contribution in [0.15, 0.2) is 29.9 Å². The molecule has 2 aromatic heterocycles. The first-order valence-electron chi connectivity index (χ1n) is 7.17. The summed E-state index contributed by atoms with van der Waals surface area (Å²) < 4.78 is 1.31. The summed E-state index contributed by atoms with van der Waals surface area (Å²) in [5.74, 6) is -0.237. The summed E-state index contributed by atoms with van der Waals surface area (Å²) in [6, 6.07) is 7.96. The van der Waals surface area contributed by atoms with Crippen LogP contribution in [0.25, 0.3) is 11.3 Å². The molecule has 1 N–H and O–H groups in total. The summed E-state index contributed by atoms with van der Waals surface area (Å²) in [6.45, 7) is 4.10. The zero-order valence-electron chi connectivity index (χ0n) is 13.1. The Morgan fingerprint density at radius 3 is 2.92 bits per heavy atom. The predicted molar refractivity (Wildman–Crippen MR) is 90.4 cm³/mol. The maximum Gasteiger partial charge on any atom is 0.252 e. The Morgan fingerprint density at radius 2 is 2.21 bits per heavy atom. The standard InChI is InChI=1S/C16H14N6OS/c1-10-3-4-12(5-11(10)2)13-8-24-16(19-13)20-15(23)7-22-9-18-14(6-17)21-22/h3-5,8-9H,7H2,1-2H3,(H,19,20,23). The van der Waals surface area contributed by atoms with Gasteiger partial charge in [0.2, 0.25) is 5.91 Å². The number of hydrogen-bond acceptors (Lipinski definition) is 6. The molecule has 120 valence electrons. The van der Waals surface area contributed by atoms with Gasteiger partial charge < -0.3 is 5.32 Å². The zero-order valence-corrected chi connectivity index (χ0v) is 14.0. The number of nitrogens with zero attached hydrogens (tertiary/aromatic N) is 5. The summed E-state index contributed by atoms with van der Waals surface area (Å²) in [7, 11) is 0. The fourth-order valence-electron chi connectivity index (χ4n) is 2.09. The van der Waals surface area contributed by atoms with Gasteiger partial charge in [-0.05, 0) is 31.0 Å². The molecule has 0 fully saturated rings. The molecule has 3 aromatic rings. The molecule has 0 spiro atoms. The zero-order chi connectivity index (χ0) is 17.1. The van der Waals surface area contributed by atoms with E-state index >= 15 is 0 Å². The molecule has 0 aliphatic rings. The van der Waals surface area contributed by atoms with Gasteiger partial charge >= 0.3 is 0 Å². The molecular formula is C16H14N6OS. The minimum absolute atomic E-state index is 0.0206. The van der Waals surface area contributed by atoms with E-state index in [4.69, 9.17) is 5.26 Å². The molecule has 0 radical (unpaired) electrons. The number of rotatable bonds is 4. The molecule has 2 heterocycles. The maximum atomic E-state index is 12.0. The lowest BCUT2D eigenvalue weighted by atomic mass is 10.1. The van der Waals surface area contributed by atoms with Crippen LogP contribution in [0.5, 0.6) is 0 Å². The van der Waals surface area contributed by atoms with Gasteiger partial charge in [0.05, 0.1) is 5.69 Å².